The Morgan fingerprint density at radius 1 is 0.921 bits per heavy atom. The van der Waals surface area contributed by atoms with Crippen LogP contribution in [0.25, 0.3) is 0 Å². The van der Waals surface area contributed by atoms with E-state index in [-0.39, 0.29) is 36.9 Å². The Balaban J connectivity index is 0.00000253. The van der Waals surface area contributed by atoms with E-state index in [1.165, 1.54) is 32.1 Å². The summed E-state index contributed by atoms with van der Waals surface area (Å²) in [6.07, 6.45) is 6.57. The highest BCUT2D eigenvalue weighted by atomic mass is 35.5. The maximum atomic E-state index is 13.8. The largest absolute Gasteiger partial charge is 0.497 e. The molecule has 0 bridgehead atoms. The number of rotatable bonds is 13. The van der Waals surface area contributed by atoms with Gasteiger partial charge in [0, 0.05) is 38.9 Å². The third-order valence-corrected chi connectivity index (χ3v) is 7.77. The molecule has 0 amide bonds. The van der Waals surface area contributed by atoms with Crippen LogP contribution < -0.4 is 4.74 Å². The van der Waals surface area contributed by atoms with Crippen LogP contribution in [0.15, 0.2) is 54.6 Å². The topological polar surface area (TPSA) is 51.2 Å². The van der Waals surface area contributed by atoms with Gasteiger partial charge in [0.15, 0.2) is 6.23 Å². The zero-order valence-electron chi connectivity index (χ0n) is 23.0. The van der Waals surface area contributed by atoms with Crippen molar-refractivity contribution in [3.05, 3.63) is 65.7 Å². The standard InChI is InChI=1S/C30H42N2O4.2ClH/c1-4-5-6-7-11-18-31-19-21-32(22-20-31)28(24-12-9-8-10-13-24)36-29(33)30(23-27(30)35-3)25-14-16-26(34-2)17-15-25;;/h8-10,12-17,27-28H,4-7,11,18-23H2,1-3H3;2*1H/t27-,28?,30-;;/m0../s1. The number of hydrogen-bond acceptors (Lipinski definition) is 6. The summed E-state index contributed by atoms with van der Waals surface area (Å²) in [5.74, 6) is 0.550. The lowest BCUT2D eigenvalue weighted by molar-refractivity contribution is -0.166. The van der Waals surface area contributed by atoms with E-state index in [1.807, 2.05) is 42.5 Å². The van der Waals surface area contributed by atoms with Crippen LogP contribution in [-0.4, -0.2) is 68.8 Å². The first-order valence-electron chi connectivity index (χ1n) is 13.5. The highest BCUT2D eigenvalue weighted by Gasteiger charge is 2.64. The van der Waals surface area contributed by atoms with Gasteiger partial charge in [0.2, 0.25) is 0 Å². The van der Waals surface area contributed by atoms with Gasteiger partial charge >= 0.3 is 5.97 Å². The number of unbranched alkanes of at least 4 members (excludes halogenated alkanes) is 4. The van der Waals surface area contributed by atoms with Gasteiger partial charge in [-0.05, 0) is 37.1 Å². The second kappa shape index (κ2) is 15.7. The van der Waals surface area contributed by atoms with Gasteiger partial charge < -0.3 is 19.1 Å². The molecule has 1 aliphatic heterocycles. The third kappa shape index (κ3) is 7.64. The second-order valence-corrected chi connectivity index (χ2v) is 10.1. The lowest BCUT2D eigenvalue weighted by Crippen LogP contribution is -2.49. The Bertz CT molecular complexity index is 954. The summed E-state index contributed by atoms with van der Waals surface area (Å²) in [6, 6.07) is 17.8. The highest BCUT2D eigenvalue weighted by Crippen LogP contribution is 2.52. The number of ether oxygens (including phenoxy) is 3. The Morgan fingerprint density at radius 3 is 2.16 bits per heavy atom. The molecule has 1 unspecified atom stereocenters. The molecular formula is C30H44Cl2N2O4. The smallest absolute Gasteiger partial charge is 0.321 e. The molecule has 1 heterocycles. The van der Waals surface area contributed by atoms with Crippen molar-refractivity contribution in [2.24, 2.45) is 0 Å². The van der Waals surface area contributed by atoms with Gasteiger partial charge in [-0.2, -0.15) is 0 Å². The predicted octanol–water partition coefficient (Wildman–Crippen LogP) is 6.03. The van der Waals surface area contributed by atoms with Crippen molar-refractivity contribution < 1.29 is 19.0 Å². The number of carbonyl (C=O) groups is 1. The fraction of sp³-hybridized carbons (Fsp3) is 0.567. The molecule has 0 radical (unpaired) electrons. The number of carbonyl (C=O) groups excluding carboxylic acids is 1. The molecule has 2 aromatic carbocycles. The number of halogens is 2. The van der Waals surface area contributed by atoms with E-state index in [0.717, 1.165) is 49.6 Å². The quantitative estimate of drug-likeness (QED) is 0.218. The molecule has 6 nitrogen and oxygen atoms in total. The molecule has 3 atom stereocenters. The van der Waals surface area contributed by atoms with Gasteiger partial charge in [-0.1, -0.05) is 75.1 Å². The Hall–Kier alpha value is -1.83. The summed E-state index contributed by atoms with van der Waals surface area (Å²) >= 11 is 0. The zero-order valence-corrected chi connectivity index (χ0v) is 24.6. The first-order chi connectivity index (χ1) is 17.6. The number of piperazine rings is 1. The van der Waals surface area contributed by atoms with Crippen molar-refractivity contribution in [3.8, 4) is 5.75 Å². The van der Waals surface area contributed by atoms with Crippen LogP contribution >= 0.6 is 24.8 Å². The summed E-state index contributed by atoms with van der Waals surface area (Å²) in [6.45, 7) is 7.17. The van der Waals surface area contributed by atoms with Crippen LogP contribution in [0.1, 0.15) is 62.8 Å². The molecule has 0 spiro atoms. The van der Waals surface area contributed by atoms with Crippen LogP contribution in [0.4, 0.5) is 0 Å². The van der Waals surface area contributed by atoms with Crippen molar-refractivity contribution in [2.75, 3.05) is 46.9 Å². The van der Waals surface area contributed by atoms with Crippen LogP contribution in [0.5, 0.6) is 5.75 Å². The molecule has 4 rings (SSSR count). The first kappa shape index (κ1) is 32.4. The van der Waals surface area contributed by atoms with Crippen molar-refractivity contribution in [1.29, 1.82) is 0 Å². The summed E-state index contributed by atoms with van der Waals surface area (Å²) in [7, 11) is 3.31. The van der Waals surface area contributed by atoms with Crippen molar-refractivity contribution in [3.63, 3.8) is 0 Å². The van der Waals surface area contributed by atoms with Crippen LogP contribution in [0.2, 0.25) is 0 Å². The molecule has 2 fully saturated rings. The molecule has 0 aromatic heterocycles. The van der Waals surface area contributed by atoms with E-state index in [0.29, 0.717) is 6.42 Å². The molecule has 212 valence electrons. The third-order valence-electron chi connectivity index (χ3n) is 7.77. The second-order valence-electron chi connectivity index (χ2n) is 10.1. The van der Waals surface area contributed by atoms with Gasteiger partial charge in [0.1, 0.15) is 11.2 Å². The van der Waals surface area contributed by atoms with Crippen LogP contribution in [0.3, 0.4) is 0 Å². The molecule has 1 saturated carbocycles. The van der Waals surface area contributed by atoms with E-state index in [9.17, 15) is 4.79 Å². The van der Waals surface area contributed by atoms with E-state index >= 15 is 0 Å². The maximum Gasteiger partial charge on any atom is 0.321 e. The fourth-order valence-corrected chi connectivity index (χ4v) is 5.38. The zero-order chi connectivity index (χ0) is 25.4. The normalized spacial score (nSPS) is 22.0. The lowest BCUT2D eigenvalue weighted by Gasteiger charge is -2.39. The number of hydrogen-bond donors (Lipinski definition) is 0. The molecule has 0 N–H and O–H groups in total. The van der Waals surface area contributed by atoms with Gasteiger partial charge in [-0.25, -0.2) is 0 Å². The van der Waals surface area contributed by atoms with Crippen LogP contribution in [-0.2, 0) is 19.7 Å². The monoisotopic (exact) mass is 566 g/mol. The Kier molecular flexibility index (Phi) is 13.4. The summed E-state index contributed by atoms with van der Waals surface area (Å²) in [4.78, 5) is 18.7. The molecule has 2 aliphatic rings. The minimum Gasteiger partial charge on any atom is -0.497 e. The van der Waals surface area contributed by atoms with E-state index in [2.05, 4.69) is 28.9 Å². The first-order valence-corrected chi connectivity index (χ1v) is 13.5. The average Bonchev–Trinajstić information content (AvgIpc) is 3.68. The van der Waals surface area contributed by atoms with E-state index < -0.39 is 11.6 Å². The van der Waals surface area contributed by atoms with Crippen molar-refractivity contribution in [2.45, 2.75) is 63.2 Å². The predicted molar refractivity (Wildman–Crippen MR) is 157 cm³/mol. The van der Waals surface area contributed by atoms with Gasteiger partial charge in [-0.15, -0.1) is 24.8 Å². The Labute approximate surface area is 240 Å². The van der Waals surface area contributed by atoms with Gasteiger partial charge in [-0.3, -0.25) is 9.69 Å². The fourth-order valence-electron chi connectivity index (χ4n) is 5.38. The SMILES string of the molecule is CCCCCCCN1CCN(C(OC(=O)[C@]2(c3ccc(OC)cc3)C[C@@H]2OC)c2ccccc2)CC1.Cl.Cl. The van der Waals surface area contributed by atoms with E-state index in [4.69, 9.17) is 14.2 Å². The summed E-state index contributed by atoms with van der Waals surface area (Å²) in [5.41, 5.74) is 1.16. The Morgan fingerprint density at radius 2 is 1.58 bits per heavy atom. The number of esters is 1. The molecule has 1 aliphatic carbocycles. The van der Waals surface area contributed by atoms with Crippen molar-refractivity contribution >= 4 is 30.8 Å². The van der Waals surface area contributed by atoms with Gasteiger partial charge in [0.25, 0.3) is 0 Å². The minimum atomic E-state index is -0.769. The average molecular weight is 568 g/mol. The number of benzene rings is 2. The molecular weight excluding hydrogens is 523 g/mol. The lowest BCUT2D eigenvalue weighted by atomic mass is 9.95. The molecule has 8 heteroatoms. The van der Waals surface area contributed by atoms with E-state index in [1.54, 1.807) is 14.2 Å². The maximum absolute atomic E-state index is 13.8. The summed E-state index contributed by atoms with van der Waals surface area (Å²) < 4.78 is 17.3. The number of nitrogens with zero attached hydrogens (tertiary/aromatic N) is 2. The van der Waals surface area contributed by atoms with Gasteiger partial charge in [0.05, 0.1) is 13.2 Å². The minimum absolute atomic E-state index is 0. The molecule has 1 saturated heterocycles. The van der Waals surface area contributed by atoms with Crippen LogP contribution in [0, 0.1) is 0 Å². The molecule has 2 aromatic rings. The highest BCUT2D eigenvalue weighted by molar-refractivity contribution is 5.88. The molecule has 38 heavy (non-hydrogen) atoms. The number of methoxy groups -OCH3 is 2. The van der Waals surface area contributed by atoms with Crippen molar-refractivity contribution in [1.82, 2.24) is 9.80 Å². The summed E-state index contributed by atoms with van der Waals surface area (Å²) in [5, 5.41) is 0.